The van der Waals surface area contributed by atoms with Gasteiger partial charge >= 0.3 is 0 Å². The Hall–Kier alpha value is -0.200. The largest absolute Gasteiger partial charge is 0.396 e. The fourth-order valence-electron chi connectivity index (χ4n) is 0.996. The number of aliphatic hydroxyl groups excluding tert-OH is 4. The third-order valence-corrected chi connectivity index (χ3v) is 1.80. The van der Waals surface area contributed by atoms with Gasteiger partial charge in [0.1, 0.15) is 0 Å². The highest BCUT2D eigenvalue weighted by atomic mass is 16.3. The molecule has 5 nitrogen and oxygen atoms in total. The van der Waals surface area contributed by atoms with Gasteiger partial charge < -0.3 is 25.7 Å². The van der Waals surface area contributed by atoms with Crippen LogP contribution in [0.5, 0.6) is 0 Å². The van der Waals surface area contributed by atoms with Crippen LogP contribution in [0.3, 0.4) is 0 Å². The van der Waals surface area contributed by atoms with Gasteiger partial charge in [0.15, 0.2) is 0 Å². The Kier molecular flexibility index (Phi) is 6.23. The second-order valence-corrected chi connectivity index (χ2v) is 2.72. The molecular formula is C7H17NO4. The molecule has 0 aliphatic heterocycles. The molecule has 74 valence electrons. The van der Waals surface area contributed by atoms with Gasteiger partial charge in [-0.25, -0.2) is 0 Å². The average Bonchev–Trinajstić information content (AvgIpc) is 2.06. The fraction of sp³-hybridized carbons (Fsp3) is 1.00. The Balaban J connectivity index is 3.94. The molecule has 0 spiro atoms. The van der Waals surface area contributed by atoms with Gasteiger partial charge in [0.25, 0.3) is 0 Å². The molecule has 0 aromatic rings. The summed E-state index contributed by atoms with van der Waals surface area (Å²) in [6, 6.07) is 0. The summed E-state index contributed by atoms with van der Waals surface area (Å²) in [5.41, 5.74) is 0. The monoisotopic (exact) mass is 179 g/mol. The average molecular weight is 179 g/mol. The molecule has 0 bridgehead atoms. The molecule has 0 heterocycles. The van der Waals surface area contributed by atoms with Crippen LogP contribution in [-0.2, 0) is 0 Å². The second-order valence-electron chi connectivity index (χ2n) is 2.72. The van der Waals surface area contributed by atoms with E-state index in [4.69, 9.17) is 15.3 Å². The first-order valence-electron chi connectivity index (χ1n) is 3.89. The van der Waals surface area contributed by atoms with Gasteiger partial charge in [-0.3, -0.25) is 0 Å². The van der Waals surface area contributed by atoms with Crippen LogP contribution in [0.25, 0.3) is 0 Å². The molecule has 5 N–H and O–H groups in total. The smallest absolute Gasteiger partial charge is 0.0846 e. The summed E-state index contributed by atoms with van der Waals surface area (Å²) in [6.07, 6.45) is -1.92. The maximum atomic E-state index is 9.32. The molecule has 0 saturated carbocycles. The maximum absolute atomic E-state index is 9.32. The van der Waals surface area contributed by atoms with Crippen LogP contribution in [0.15, 0.2) is 0 Å². The molecule has 0 rings (SSSR count). The van der Waals surface area contributed by atoms with Gasteiger partial charge in [-0.05, 0) is 7.05 Å². The molecule has 3 atom stereocenters. The van der Waals surface area contributed by atoms with Crippen LogP contribution in [0, 0.1) is 5.92 Å². The van der Waals surface area contributed by atoms with Crippen molar-refractivity contribution in [3.8, 4) is 0 Å². The van der Waals surface area contributed by atoms with Crippen molar-refractivity contribution in [2.24, 2.45) is 5.92 Å². The van der Waals surface area contributed by atoms with Crippen molar-refractivity contribution < 1.29 is 20.4 Å². The highest BCUT2D eigenvalue weighted by Gasteiger charge is 2.24. The normalized spacial score (nSPS) is 18.8. The number of nitrogens with one attached hydrogen (secondary N) is 1. The minimum atomic E-state index is -1.07. The van der Waals surface area contributed by atoms with Gasteiger partial charge in [0, 0.05) is 12.5 Å². The van der Waals surface area contributed by atoms with Crippen molar-refractivity contribution in [2.45, 2.75) is 12.2 Å². The third kappa shape index (κ3) is 3.46. The van der Waals surface area contributed by atoms with Gasteiger partial charge in [-0.15, -0.1) is 0 Å². The molecule has 2 unspecified atom stereocenters. The van der Waals surface area contributed by atoms with E-state index in [2.05, 4.69) is 5.32 Å². The quantitative estimate of drug-likeness (QED) is 0.311. The lowest BCUT2D eigenvalue weighted by Crippen LogP contribution is -2.41. The van der Waals surface area contributed by atoms with Gasteiger partial charge in [0.05, 0.1) is 25.4 Å². The lowest BCUT2D eigenvalue weighted by atomic mass is 9.97. The van der Waals surface area contributed by atoms with E-state index in [0.29, 0.717) is 0 Å². The lowest BCUT2D eigenvalue weighted by Gasteiger charge is -2.24. The van der Waals surface area contributed by atoms with Crippen molar-refractivity contribution in [2.75, 3.05) is 26.8 Å². The van der Waals surface area contributed by atoms with Crippen molar-refractivity contribution in [1.29, 1.82) is 0 Å². The molecule has 0 saturated heterocycles. The lowest BCUT2D eigenvalue weighted by molar-refractivity contribution is -0.0376. The Morgan fingerprint density at radius 2 is 1.67 bits per heavy atom. The van der Waals surface area contributed by atoms with Crippen molar-refractivity contribution >= 4 is 0 Å². The molecule has 0 amide bonds. The van der Waals surface area contributed by atoms with Crippen LogP contribution in [-0.4, -0.2) is 59.4 Å². The van der Waals surface area contributed by atoms with Crippen LogP contribution >= 0.6 is 0 Å². The summed E-state index contributed by atoms with van der Waals surface area (Å²) in [4.78, 5) is 0. The first-order chi connectivity index (χ1) is 5.67. The highest BCUT2D eigenvalue weighted by Crippen LogP contribution is 2.07. The standard InChI is InChI=1S/C7H17NO4/c1-8-2-6(11)5(3-9)7(12)4-10/h5-12H,2-4H2,1H3/t5?,6-,7?/m1/s1. The molecule has 12 heavy (non-hydrogen) atoms. The van der Waals surface area contributed by atoms with Crippen LogP contribution in [0.4, 0.5) is 0 Å². The molecule has 0 radical (unpaired) electrons. The van der Waals surface area contributed by atoms with E-state index in [1.165, 1.54) is 0 Å². The predicted molar refractivity (Wildman–Crippen MR) is 43.6 cm³/mol. The summed E-state index contributed by atoms with van der Waals surface area (Å²) < 4.78 is 0. The van der Waals surface area contributed by atoms with Crippen molar-refractivity contribution in [3.63, 3.8) is 0 Å². The van der Waals surface area contributed by atoms with E-state index >= 15 is 0 Å². The first kappa shape index (κ1) is 11.8. The van der Waals surface area contributed by atoms with E-state index in [9.17, 15) is 5.11 Å². The Morgan fingerprint density at radius 3 is 2.00 bits per heavy atom. The minimum Gasteiger partial charge on any atom is -0.396 e. The zero-order valence-corrected chi connectivity index (χ0v) is 7.14. The number of hydrogen-bond acceptors (Lipinski definition) is 5. The highest BCUT2D eigenvalue weighted by molar-refractivity contribution is 4.76. The summed E-state index contributed by atoms with van der Waals surface area (Å²) in [5, 5.41) is 38.5. The summed E-state index contributed by atoms with van der Waals surface area (Å²) in [6.45, 7) is -0.515. The third-order valence-electron chi connectivity index (χ3n) is 1.80. The van der Waals surface area contributed by atoms with Gasteiger partial charge in [0.2, 0.25) is 0 Å². The van der Waals surface area contributed by atoms with Gasteiger partial charge in [-0.2, -0.15) is 0 Å². The Morgan fingerprint density at radius 1 is 1.08 bits per heavy atom. The SMILES string of the molecule is CNC[C@@H](O)C(CO)C(O)CO. The molecule has 0 fully saturated rings. The molecule has 0 aromatic carbocycles. The Labute approximate surface area is 71.7 Å². The fourth-order valence-corrected chi connectivity index (χ4v) is 0.996. The summed E-state index contributed by atoms with van der Waals surface area (Å²) >= 11 is 0. The van der Waals surface area contributed by atoms with E-state index in [1.54, 1.807) is 7.05 Å². The zero-order valence-electron chi connectivity index (χ0n) is 7.14. The minimum absolute atomic E-state index is 0.280. The zero-order chi connectivity index (χ0) is 9.56. The van der Waals surface area contributed by atoms with E-state index < -0.39 is 24.7 Å². The molecule has 0 aromatic heterocycles. The molecule has 0 aliphatic carbocycles. The number of aliphatic hydroxyl groups is 4. The predicted octanol–water partition coefficient (Wildman–Crippen LogP) is -2.47. The molecule has 0 aliphatic rings. The van der Waals surface area contributed by atoms with Crippen molar-refractivity contribution in [1.82, 2.24) is 5.32 Å². The van der Waals surface area contributed by atoms with E-state index in [0.717, 1.165) is 0 Å². The maximum Gasteiger partial charge on any atom is 0.0846 e. The molecule has 5 heteroatoms. The topological polar surface area (TPSA) is 93.0 Å². The van der Waals surface area contributed by atoms with Crippen molar-refractivity contribution in [3.05, 3.63) is 0 Å². The van der Waals surface area contributed by atoms with E-state index in [1.807, 2.05) is 0 Å². The summed E-state index contributed by atoms with van der Waals surface area (Å²) in [7, 11) is 1.66. The van der Waals surface area contributed by atoms with Gasteiger partial charge in [-0.1, -0.05) is 0 Å². The Bertz CT molecular complexity index is 112. The van der Waals surface area contributed by atoms with Crippen LogP contribution in [0.2, 0.25) is 0 Å². The van der Waals surface area contributed by atoms with Crippen LogP contribution < -0.4 is 5.32 Å². The van der Waals surface area contributed by atoms with Crippen LogP contribution in [0.1, 0.15) is 0 Å². The first-order valence-corrected chi connectivity index (χ1v) is 3.89. The summed E-state index contributed by atoms with van der Waals surface area (Å²) in [5.74, 6) is -0.692. The number of likely N-dealkylation sites (N-methyl/N-ethyl adjacent to an activating group) is 1. The van der Waals surface area contributed by atoms with E-state index in [-0.39, 0.29) is 13.2 Å². The number of hydrogen-bond donors (Lipinski definition) is 5. The number of rotatable bonds is 6. The molecular weight excluding hydrogens is 162 g/mol. The second kappa shape index (κ2) is 6.33.